The van der Waals surface area contributed by atoms with E-state index in [-0.39, 0.29) is 17.7 Å². The smallest absolute Gasteiger partial charge is 0.163 e. The van der Waals surface area contributed by atoms with E-state index in [0.29, 0.717) is 13.0 Å². The molecule has 1 heterocycles. The minimum atomic E-state index is -0.171. The molecule has 0 spiro atoms. The molecule has 0 saturated heterocycles. The Bertz CT molecular complexity index is 1180. The molecular weight excluding hydrogens is 408 g/mol. The quantitative estimate of drug-likeness (QED) is 0.462. The maximum absolute atomic E-state index is 13.6. The molecule has 168 valence electrons. The Morgan fingerprint density at radius 1 is 0.879 bits per heavy atom. The molecule has 2 atom stereocenters. The number of aryl methyl sites for hydroxylation is 1. The van der Waals surface area contributed by atoms with Gasteiger partial charge in [-0.2, -0.15) is 0 Å². The number of carbonyl (C=O) groups excluding carboxylic acids is 1. The summed E-state index contributed by atoms with van der Waals surface area (Å²) in [4.78, 5) is 13.6. The van der Waals surface area contributed by atoms with Gasteiger partial charge in [-0.15, -0.1) is 0 Å². The number of rotatable bonds is 5. The predicted molar refractivity (Wildman–Crippen MR) is 134 cm³/mol. The zero-order valence-corrected chi connectivity index (χ0v) is 19.2. The zero-order valence-electron chi connectivity index (χ0n) is 19.2. The first-order chi connectivity index (χ1) is 16.1. The summed E-state index contributed by atoms with van der Waals surface area (Å²) in [6.45, 7) is 4.90. The second-order valence-corrected chi connectivity index (χ2v) is 9.00. The van der Waals surface area contributed by atoms with E-state index in [0.717, 1.165) is 46.8 Å². The van der Waals surface area contributed by atoms with Crippen LogP contribution in [0.3, 0.4) is 0 Å². The van der Waals surface area contributed by atoms with Crippen molar-refractivity contribution in [2.24, 2.45) is 0 Å². The molecule has 0 saturated carbocycles. The topological polar surface area (TPSA) is 50.4 Å². The molecule has 4 heteroatoms. The van der Waals surface area contributed by atoms with Gasteiger partial charge in [-0.1, -0.05) is 61.0 Å². The van der Waals surface area contributed by atoms with Gasteiger partial charge in [-0.3, -0.25) is 4.79 Å². The van der Waals surface area contributed by atoms with Crippen molar-refractivity contribution < 1.29 is 9.53 Å². The number of para-hydroxylation sites is 2. The maximum Gasteiger partial charge on any atom is 0.163 e. The summed E-state index contributed by atoms with van der Waals surface area (Å²) in [5.41, 5.74) is 7.39. The molecule has 2 unspecified atom stereocenters. The van der Waals surface area contributed by atoms with Gasteiger partial charge in [0.2, 0.25) is 0 Å². The van der Waals surface area contributed by atoms with Gasteiger partial charge in [-0.25, -0.2) is 0 Å². The summed E-state index contributed by atoms with van der Waals surface area (Å²) < 4.78 is 5.73. The van der Waals surface area contributed by atoms with Crippen LogP contribution in [0, 0.1) is 6.92 Å². The van der Waals surface area contributed by atoms with Crippen molar-refractivity contribution in [3.8, 4) is 5.75 Å². The minimum absolute atomic E-state index is 0.146. The number of hydrogen-bond donors (Lipinski definition) is 2. The third kappa shape index (κ3) is 4.38. The van der Waals surface area contributed by atoms with E-state index in [4.69, 9.17) is 4.74 Å². The largest absolute Gasteiger partial charge is 0.494 e. The van der Waals surface area contributed by atoms with Crippen LogP contribution in [0.15, 0.2) is 84.1 Å². The highest BCUT2D eigenvalue weighted by atomic mass is 16.5. The molecule has 5 rings (SSSR count). The third-order valence-electron chi connectivity index (χ3n) is 6.54. The Hall–Kier alpha value is -3.53. The van der Waals surface area contributed by atoms with Crippen molar-refractivity contribution in [2.75, 3.05) is 17.2 Å². The highest BCUT2D eigenvalue weighted by Gasteiger charge is 2.36. The van der Waals surface area contributed by atoms with E-state index in [2.05, 4.69) is 73.0 Å². The Balaban J connectivity index is 1.50. The Morgan fingerprint density at radius 2 is 1.58 bits per heavy atom. The van der Waals surface area contributed by atoms with Crippen LogP contribution in [-0.2, 0) is 4.79 Å². The third-order valence-corrected chi connectivity index (χ3v) is 6.54. The van der Waals surface area contributed by atoms with Crippen LogP contribution >= 0.6 is 0 Å². The van der Waals surface area contributed by atoms with Crippen molar-refractivity contribution in [3.05, 3.63) is 101 Å². The molecule has 0 bridgehead atoms. The second-order valence-electron chi connectivity index (χ2n) is 9.00. The fraction of sp³-hybridized carbons (Fsp3) is 0.276. The molecule has 3 aromatic rings. The fourth-order valence-electron chi connectivity index (χ4n) is 4.79. The van der Waals surface area contributed by atoms with Crippen LogP contribution in [0.4, 0.5) is 11.4 Å². The van der Waals surface area contributed by atoms with Crippen LogP contribution in [0.1, 0.15) is 54.8 Å². The summed E-state index contributed by atoms with van der Waals surface area (Å²) in [5, 5.41) is 7.26. The molecule has 1 aliphatic heterocycles. The predicted octanol–water partition coefficient (Wildman–Crippen LogP) is 6.76. The molecule has 0 radical (unpaired) electrons. The number of nitrogens with one attached hydrogen (secondary N) is 2. The lowest BCUT2D eigenvalue weighted by Crippen LogP contribution is -2.26. The van der Waals surface area contributed by atoms with Crippen LogP contribution in [-0.4, -0.2) is 12.4 Å². The van der Waals surface area contributed by atoms with Crippen molar-refractivity contribution >= 4 is 17.2 Å². The SMILES string of the molecule is CCCOc1ccc(C2CC(=O)C3=C(C2)Nc2ccccc2NC3c2ccc(C)cc2)cc1. The fourth-order valence-corrected chi connectivity index (χ4v) is 4.79. The van der Waals surface area contributed by atoms with Gasteiger partial charge in [0.15, 0.2) is 5.78 Å². The normalized spacial score (nSPS) is 19.6. The summed E-state index contributed by atoms with van der Waals surface area (Å²) in [6, 6.07) is 24.7. The van der Waals surface area contributed by atoms with Crippen molar-refractivity contribution in [1.82, 2.24) is 0 Å². The van der Waals surface area contributed by atoms with Crippen LogP contribution in [0.25, 0.3) is 0 Å². The Kier molecular flexibility index (Phi) is 5.91. The monoisotopic (exact) mass is 438 g/mol. The molecule has 1 aliphatic carbocycles. The molecule has 0 amide bonds. The summed E-state index contributed by atoms with van der Waals surface area (Å²) in [6.07, 6.45) is 2.30. The number of carbonyl (C=O) groups is 1. The number of allylic oxidation sites excluding steroid dienone is 1. The molecule has 33 heavy (non-hydrogen) atoms. The van der Waals surface area contributed by atoms with E-state index in [1.54, 1.807) is 0 Å². The van der Waals surface area contributed by atoms with Crippen LogP contribution in [0.5, 0.6) is 5.75 Å². The van der Waals surface area contributed by atoms with E-state index >= 15 is 0 Å². The van der Waals surface area contributed by atoms with Gasteiger partial charge >= 0.3 is 0 Å². The van der Waals surface area contributed by atoms with Crippen LogP contribution < -0.4 is 15.4 Å². The first-order valence-corrected chi connectivity index (χ1v) is 11.8. The van der Waals surface area contributed by atoms with E-state index in [1.807, 2.05) is 24.3 Å². The maximum atomic E-state index is 13.6. The first kappa shape index (κ1) is 21.3. The van der Waals surface area contributed by atoms with Gasteiger partial charge in [0.1, 0.15) is 5.75 Å². The number of Topliss-reactive ketones (excluding diaryl/α,β-unsaturated/α-hetero) is 1. The van der Waals surface area contributed by atoms with E-state index < -0.39 is 0 Å². The van der Waals surface area contributed by atoms with Gasteiger partial charge in [-0.05, 0) is 61.1 Å². The average molecular weight is 439 g/mol. The van der Waals surface area contributed by atoms with Crippen molar-refractivity contribution in [1.29, 1.82) is 0 Å². The van der Waals surface area contributed by atoms with Gasteiger partial charge in [0, 0.05) is 17.7 Å². The summed E-state index contributed by atoms with van der Waals surface area (Å²) in [5.74, 6) is 1.23. The highest BCUT2D eigenvalue weighted by molar-refractivity contribution is 6.01. The number of fused-ring (bicyclic) bond motifs is 1. The van der Waals surface area contributed by atoms with Gasteiger partial charge in [0.05, 0.1) is 24.0 Å². The summed E-state index contributed by atoms with van der Waals surface area (Å²) >= 11 is 0. The van der Waals surface area contributed by atoms with Gasteiger partial charge in [0.25, 0.3) is 0 Å². The standard InChI is InChI=1S/C29H30N2O2/c1-3-16-33-23-14-12-20(13-15-23)22-17-26-28(27(32)18-22)29(21-10-8-19(2)9-11-21)31-25-7-5-4-6-24(25)30-26/h4-15,22,29-31H,3,16-18H2,1-2H3. The molecule has 2 N–H and O–H groups in total. The van der Waals surface area contributed by atoms with Gasteiger partial charge < -0.3 is 15.4 Å². The zero-order chi connectivity index (χ0) is 22.8. The number of benzene rings is 3. The average Bonchev–Trinajstić information content (AvgIpc) is 3.00. The lowest BCUT2D eigenvalue weighted by atomic mass is 9.78. The Morgan fingerprint density at radius 3 is 2.30 bits per heavy atom. The lowest BCUT2D eigenvalue weighted by Gasteiger charge is -2.30. The molecule has 0 fully saturated rings. The molecular formula is C29H30N2O2. The van der Waals surface area contributed by atoms with Crippen molar-refractivity contribution in [3.63, 3.8) is 0 Å². The Labute approximate surface area is 195 Å². The summed E-state index contributed by atoms with van der Waals surface area (Å²) in [7, 11) is 0. The minimum Gasteiger partial charge on any atom is -0.494 e. The molecule has 4 nitrogen and oxygen atoms in total. The van der Waals surface area contributed by atoms with E-state index in [1.165, 1.54) is 11.1 Å². The van der Waals surface area contributed by atoms with Crippen molar-refractivity contribution in [2.45, 2.75) is 45.1 Å². The molecule has 3 aromatic carbocycles. The van der Waals surface area contributed by atoms with Crippen LogP contribution in [0.2, 0.25) is 0 Å². The number of ketones is 1. The highest BCUT2D eigenvalue weighted by Crippen LogP contribution is 2.44. The molecule has 0 aromatic heterocycles. The first-order valence-electron chi connectivity index (χ1n) is 11.8. The second kappa shape index (κ2) is 9.14. The van der Waals surface area contributed by atoms with E-state index in [9.17, 15) is 4.79 Å². The number of hydrogen-bond acceptors (Lipinski definition) is 4. The number of ether oxygens (including phenoxy) is 1. The lowest BCUT2D eigenvalue weighted by molar-refractivity contribution is -0.116. The number of anilines is 2. The molecule has 2 aliphatic rings.